The summed E-state index contributed by atoms with van der Waals surface area (Å²) in [6, 6.07) is 23.6. The number of hydrogen-bond acceptors (Lipinski definition) is 5. The van der Waals surface area contributed by atoms with Gasteiger partial charge in [-0.3, -0.25) is 14.4 Å². The molecular weight excluding hydrogens is 604 g/mol. The third kappa shape index (κ3) is 11.5. The topological polar surface area (TPSA) is 140 Å². The zero-order valence-electron chi connectivity index (χ0n) is 28.4. The Kier molecular flexibility index (Phi) is 13.2. The Hall–Kier alpha value is -4.66. The van der Waals surface area contributed by atoms with Crippen molar-refractivity contribution in [2.75, 3.05) is 0 Å². The molecule has 3 aromatic rings. The predicted molar refractivity (Wildman–Crippen MR) is 187 cm³/mol. The van der Waals surface area contributed by atoms with Crippen LogP contribution in [0.15, 0.2) is 84.9 Å². The van der Waals surface area contributed by atoms with Crippen molar-refractivity contribution in [1.82, 2.24) is 16.0 Å². The second-order valence-electron chi connectivity index (χ2n) is 13.9. The molecule has 0 aromatic heterocycles. The molecule has 0 aliphatic heterocycles. The highest BCUT2D eigenvalue weighted by atomic mass is 16.5. The van der Waals surface area contributed by atoms with E-state index in [1.54, 1.807) is 0 Å². The third-order valence-electron chi connectivity index (χ3n) is 8.92. The van der Waals surface area contributed by atoms with E-state index in [0.29, 0.717) is 6.42 Å². The number of amides is 4. The molecule has 3 atom stereocenters. The minimum absolute atomic E-state index is 0.0478. The van der Waals surface area contributed by atoms with E-state index < -0.39 is 41.9 Å². The van der Waals surface area contributed by atoms with Crippen LogP contribution < -0.4 is 21.7 Å². The Morgan fingerprint density at radius 1 is 0.708 bits per heavy atom. The van der Waals surface area contributed by atoms with Crippen molar-refractivity contribution in [3.05, 3.63) is 107 Å². The van der Waals surface area contributed by atoms with Crippen molar-refractivity contribution >= 4 is 23.8 Å². The summed E-state index contributed by atoms with van der Waals surface area (Å²) in [4.78, 5) is 53.3. The highest BCUT2D eigenvalue weighted by Crippen LogP contribution is 2.28. The molecule has 1 saturated carbocycles. The fraction of sp³-hybridized carbons (Fsp3) is 0.436. The van der Waals surface area contributed by atoms with Crippen LogP contribution in [0.25, 0.3) is 0 Å². The molecule has 5 N–H and O–H groups in total. The van der Waals surface area contributed by atoms with E-state index in [9.17, 15) is 19.2 Å². The van der Waals surface area contributed by atoms with Crippen LogP contribution in [-0.2, 0) is 44.0 Å². The molecule has 0 unspecified atom stereocenters. The summed E-state index contributed by atoms with van der Waals surface area (Å²) >= 11 is 0. The van der Waals surface area contributed by atoms with E-state index in [1.807, 2.05) is 84.9 Å². The Morgan fingerprint density at radius 2 is 1.27 bits per heavy atom. The van der Waals surface area contributed by atoms with Gasteiger partial charge in [0.15, 0.2) is 0 Å². The maximum Gasteiger partial charge on any atom is 0.408 e. The Balaban J connectivity index is 1.51. The van der Waals surface area contributed by atoms with Crippen molar-refractivity contribution in [2.45, 2.75) is 102 Å². The van der Waals surface area contributed by atoms with Gasteiger partial charge in [-0.2, -0.15) is 0 Å². The summed E-state index contributed by atoms with van der Waals surface area (Å²) in [6.07, 6.45) is 5.27. The molecule has 0 spiro atoms. The number of rotatable bonds is 14. The van der Waals surface area contributed by atoms with E-state index in [4.69, 9.17) is 10.5 Å². The highest BCUT2D eigenvalue weighted by Gasteiger charge is 2.32. The molecule has 1 aliphatic carbocycles. The van der Waals surface area contributed by atoms with Crippen molar-refractivity contribution in [3.63, 3.8) is 0 Å². The van der Waals surface area contributed by atoms with Gasteiger partial charge < -0.3 is 26.4 Å². The summed E-state index contributed by atoms with van der Waals surface area (Å²) in [6.45, 7) is 6.38. The van der Waals surface area contributed by atoms with Gasteiger partial charge in [0.1, 0.15) is 24.7 Å². The monoisotopic (exact) mass is 654 g/mol. The zero-order chi connectivity index (χ0) is 34.5. The lowest BCUT2D eigenvalue weighted by atomic mass is 9.84. The fourth-order valence-corrected chi connectivity index (χ4v) is 6.12. The SMILES string of the molecule is CC(C)(C)c1cccc(C[C@H](NC(=O)[C@H](CC2CCCCC2)NC(=O)[C@H](Cc2ccccc2)NC(=O)OCc2ccccc2)C(N)=O)c1. The summed E-state index contributed by atoms with van der Waals surface area (Å²) in [7, 11) is 0. The zero-order valence-corrected chi connectivity index (χ0v) is 28.4. The maximum atomic E-state index is 13.9. The summed E-state index contributed by atoms with van der Waals surface area (Å²) in [5, 5.41) is 8.49. The van der Waals surface area contributed by atoms with Crippen molar-refractivity contribution < 1.29 is 23.9 Å². The number of primary amides is 1. The van der Waals surface area contributed by atoms with Gasteiger partial charge >= 0.3 is 6.09 Å². The van der Waals surface area contributed by atoms with Crippen LogP contribution in [0.5, 0.6) is 0 Å². The van der Waals surface area contributed by atoms with Crippen LogP contribution in [0.2, 0.25) is 0 Å². The first-order valence-corrected chi connectivity index (χ1v) is 17.0. The second kappa shape index (κ2) is 17.5. The van der Waals surface area contributed by atoms with Gasteiger partial charge in [0.25, 0.3) is 0 Å². The Morgan fingerprint density at radius 3 is 1.90 bits per heavy atom. The van der Waals surface area contributed by atoms with E-state index in [0.717, 1.165) is 54.4 Å². The highest BCUT2D eigenvalue weighted by molar-refractivity contribution is 5.93. The summed E-state index contributed by atoms with van der Waals surface area (Å²) < 4.78 is 5.42. The lowest BCUT2D eigenvalue weighted by Gasteiger charge is -2.29. The molecule has 0 heterocycles. The fourth-order valence-electron chi connectivity index (χ4n) is 6.12. The normalized spacial score (nSPS) is 15.4. The van der Waals surface area contributed by atoms with E-state index >= 15 is 0 Å². The lowest BCUT2D eigenvalue weighted by molar-refractivity contribution is -0.132. The number of alkyl carbamates (subject to hydrolysis) is 1. The molecule has 0 radical (unpaired) electrons. The molecule has 9 nitrogen and oxygen atoms in total. The largest absolute Gasteiger partial charge is 0.445 e. The van der Waals surface area contributed by atoms with Crippen LogP contribution in [0.3, 0.4) is 0 Å². The van der Waals surface area contributed by atoms with Gasteiger partial charge in [0.2, 0.25) is 17.7 Å². The lowest BCUT2D eigenvalue weighted by Crippen LogP contribution is -2.57. The molecule has 0 bridgehead atoms. The number of carbonyl (C=O) groups is 4. The molecular formula is C39H50N4O5. The molecule has 3 aromatic carbocycles. The van der Waals surface area contributed by atoms with E-state index in [1.165, 1.54) is 0 Å². The van der Waals surface area contributed by atoms with Gasteiger partial charge in [0, 0.05) is 12.8 Å². The summed E-state index contributed by atoms with van der Waals surface area (Å²) in [5.41, 5.74) is 9.34. The average molecular weight is 655 g/mol. The quantitative estimate of drug-likeness (QED) is 0.182. The molecule has 4 rings (SSSR count). The minimum atomic E-state index is -1.01. The summed E-state index contributed by atoms with van der Waals surface area (Å²) in [5.74, 6) is -1.41. The van der Waals surface area contributed by atoms with Gasteiger partial charge in [0.05, 0.1) is 0 Å². The van der Waals surface area contributed by atoms with Crippen LogP contribution in [-0.4, -0.2) is 41.9 Å². The van der Waals surface area contributed by atoms with Crippen LogP contribution >= 0.6 is 0 Å². The molecule has 1 aliphatic rings. The van der Waals surface area contributed by atoms with Gasteiger partial charge in [-0.05, 0) is 40.0 Å². The first kappa shape index (κ1) is 36.2. The van der Waals surface area contributed by atoms with Crippen molar-refractivity contribution in [3.8, 4) is 0 Å². The molecule has 1 fully saturated rings. The Labute approximate surface area is 284 Å². The van der Waals surface area contributed by atoms with Gasteiger partial charge in [-0.15, -0.1) is 0 Å². The number of benzene rings is 3. The molecule has 4 amide bonds. The van der Waals surface area contributed by atoms with Crippen LogP contribution in [0.4, 0.5) is 4.79 Å². The average Bonchev–Trinajstić information content (AvgIpc) is 3.07. The molecule has 256 valence electrons. The maximum absolute atomic E-state index is 13.9. The predicted octanol–water partition coefficient (Wildman–Crippen LogP) is 5.49. The van der Waals surface area contributed by atoms with Crippen LogP contribution in [0, 0.1) is 5.92 Å². The second-order valence-corrected chi connectivity index (χ2v) is 13.9. The molecule has 9 heteroatoms. The Bertz CT molecular complexity index is 1500. The minimum Gasteiger partial charge on any atom is -0.445 e. The molecule has 48 heavy (non-hydrogen) atoms. The molecule has 0 saturated heterocycles. The number of nitrogens with two attached hydrogens (primary N) is 1. The standard InChI is InChI=1S/C39H50N4O5/c1-39(2,3)31-21-13-20-30(22-31)25-32(35(40)44)41-36(45)33(23-27-14-7-4-8-15-27)42-37(46)34(24-28-16-9-5-10-17-28)43-38(47)48-26-29-18-11-6-12-19-29/h5-6,9-13,16-22,27,32-34H,4,7-8,14-15,23-26H2,1-3H3,(H2,40,44)(H,41,45)(H,42,46)(H,43,47)/t32-,33-,34-/m0/s1. The van der Waals surface area contributed by atoms with Crippen molar-refractivity contribution in [1.29, 1.82) is 0 Å². The number of ether oxygens (including phenoxy) is 1. The van der Waals surface area contributed by atoms with Gasteiger partial charge in [-0.1, -0.05) is 138 Å². The van der Waals surface area contributed by atoms with Crippen LogP contribution in [0.1, 0.15) is 81.5 Å². The first-order valence-electron chi connectivity index (χ1n) is 17.0. The number of hydrogen-bond donors (Lipinski definition) is 4. The number of carbonyl (C=O) groups excluding carboxylic acids is 4. The number of nitrogens with one attached hydrogen (secondary N) is 3. The van der Waals surface area contributed by atoms with E-state index in [2.05, 4.69) is 36.7 Å². The smallest absolute Gasteiger partial charge is 0.408 e. The van der Waals surface area contributed by atoms with Gasteiger partial charge in [-0.25, -0.2) is 4.79 Å². The van der Waals surface area contributed by atoms with E-state index in [-0.39, 0.29) is 30.8 Å². The third-order valence-corrected chi connectivity index (χ3v) is 8.92. The first-order chi connectivity index (χ1) is 23.0. The van der Waals surface area contributed by atoms with Crippen molar-refractivity contribution in [2.24, 2.45) is 11.7 Å².